The summed E-state index contributed by atoms with van der Waals surface area (Å²) in [5.74, 6) is -14.1. The summed E-state index contributed by atoms with van der Waals surface area (Å²) in [5, 5.41) is 0. The minimum absolute atomic E-state index is 0.0800. The van der Waals surface area contributed by atoms with E-state index in [0.29, 0.717) is 112 Å². The number of hydrogen-bond donors (Lipinski definition) is 0. The first-order valence-corrected chi connectivity index (χ1v) is 15.6. The highest BCUT2D eigenvalue weighted by atomic mass is 19.2. The van der Waals surface area contributed by atoms with E-state index in [9.17, 15) is 26.7 Å². The van der Waals surface area contributed by atoms with Gasteiger partial charge in [0, 0.05) is 0 Å². The van der Waals surface area contributed by atoms with Crippen molar-refractivity contribution in [2.75, 3.05) is 139 Å². The van der Waals surface area contributed by atoms with Gasteiger partial charge in [-0.05, 0) is 0 Å². The van der Waals surface area contributed by atoms with Crippen LogP contribution in [0.2, 0.25) is 0 Å². The van der Waals surface area contributed by atoms with Gasteiger partial charge in [0.05, 0.1) is 145 Å². The molecule has 0 aliphatic heterocycles. The molecule has 49 heavy (non-hydrogen) atoms. The molecule has 0 fully saturated rings. The molecule has 0 atom stereocenters. The molecule has 0 aliphatic rings. The van der Waals surface area contributed by atoms with Crippen molar-refractivity contribution in [2.45, 2.75) is 6.42 Å². The third-order valence-corrected chi connectivity index (χ3v) is 5.65. The second-order valence-corrected chi connectivity index (χ2v) is 9.28. The van der Waals surface area contributed by atoms with Gasteiger partial charge in [0.25, 0.3) is 0 Å². The van der Waals surface area contributed by atoms with Gasteiger partial charge in [0.1, 0.15) is 6.61 Å². The Labute approximate surface area is 282 Å². The van der Waals surface area contributed by atoms with E-state index < -0.39 is 47.2 Å². The first kappa shape index (κ1) is 44.5. The quantitative estimate of drug-likeness (QED) is 0.0194. The fraction of sp³-hybridized carbons (Fsp3) is 0.710. The number of carbonyl (C=O) groups excluding carboxylic acids is 1. The van der Waals surface area contributed by atoms with Crippen molar-refractivity contribution in [1.29, 1.82) is 0 Å². The molecule has 13 nitrogen and oxygen atoms in total. The van der Waals surface area contributed by atoms with Gasteiger partial charge in [-0.3, -0.25) is 4.79 Å². The van der Waals surface area contributed by atoms with Gasteiger partial charge < -0.3 is 56.8 Å². The molecular weight excluding hydrogens is 675 g/mol. The van der Waals surface area contributed by atoms with E-state index in [2.05, 4.69) is 11.3 Å². The van der Waals surface area contributed by atoms with Crippen LogP contribution in [0, 0.1) is 29.1 Å². The predicted molar refractivity (Wildman–Crippen MR) is 161 cm³/mol. The van der Waals surface area contributed by atoms with Crippen molar-refractivity contribution in [2.24, 2.45) is 0 Å². The molecule has 0 saturated carbocycles. The third kappa shape index (κ3) is 23.5. The van der Waals surface area contributed by atoms with Gasteiger partial charge in [-0.1, -0.05) is 6.58 Å². The van der Waals surface area contributed by atoms with Gasteiger partial charge in [0.2, 0.25) is 34.8 Å². The average molecular weight is 723 g/mol. The lowest BCUT2D eigenvalue weighted by atomic mass is 10.2. The van der Waals surface area contributed by atoms with Crippen LogP contribution in [0.1, 0.15) is 6.42 Å². The largest absolute Gasteiger partial charge is 0.499 e. The van der Waals surface area contributed by atoms with Crippen molar-refractivity contribution >= 4 is 5.97 Å². The lowest BCUT2D eigenvalue weighted by Gasteiger charge is -2.09. The third-order valence-electron chi connectivity index (χ3n) is 5.65. The van der Waals surface area contributed by atoms with Crippen LogP contribution in [0.15, 0.2) is 12.8 Å². The molecule has 284 valence electrons. The summed E-state index contributed by atoms with van der Waals surface area (Å²) in [5.41, 5.74) is 0. The highest BCUT2D eigenvalue weighted by molar-refractivity contribution is 5.72. The van der Waals surface area contributed by atoms with Crippen LogP contribution in [-0.4, -0.2) is 145 Å². The van der Waals surface area contributed by atoms with E-state index in [4.69, 9.17) is 52.1 Å². The molecular formula is C31H47F5O13. The number of carbonyl (C=O) groups is 1. The monoisotopic (exact) mass is 722 g/mol. The molecule has 0 heterocycles. The number of ether oxygens (including phenoxy) is 12. The number of halogens is 5. The summed E-state index contributed by atoms with van der Waals surface area (Å²) >= 11 is 0. The number of rotatable bonds is 35. The van der Waals surface area contributed by atoms with Crippen molar-refractivity contribution in [3.8, 4) is 5.75 Å². The first-order valence-electron chi connectivity index (χ1n) is 15.6. The van der Waals surface area contributed by atoms with Crippen molar-refractivity contribution in [3.63, 3.8) is 0 Å². The predicted octanol–water partition coefficient (Wildman–Crippen LogP) is 3.00. The highest BCUT2D eigenvalue weighted by Crippen LogP contribution is 2.29. The van der Waals surface area contributed by atoms with Crippen LogP contribution in [0.5, 0.6) is 5.75 Å². The number of hydrogen-bond acceptors (Lipinski definition) is 13. The molecule has 0 bridgehead atoms. The summed E-state index contributed by atoms with van der Waals surface area (Å²) in [6.45, 7) is 11.2. The Morgan fingerprint density at radius 3 is 0.939 bits per heavy atom. The Kier molecular flexibility index (Phi) is 28.6. The van der Waals surface area contributed by atoms with E-state index in [-0.39, 0.29) is 26.4 Å². The molecule has 0 amide bonds. The zero-order valence-electron chi connectivity index (χ0n) is 27.5. The zero-order valence-corrected chi connectivity index (χ0v) is 27.5. The van der Waals surface area contributed by atoms with E-state index in [1.807, 2.05) is 0 Å². The molecule has 0 N–H and O–H groups in total. The van der Waals surface area contributed by atoms with Crippen LogP contribution in [0.3, 0.4) is 0 Å². The maximum atomic E-state index is 13.5. The molecule has 1 rings (SSSR count). The van der Waals surface area contributed by atoms with Gasteiger partial charge in [-0.25, -0.2) is 13.2 Å². The van der Waals surface area contributed by atoms with E-state index in [0.717, 1.165) is 0 Å². The Bertz CT molecular complexity index is 965. The second-order valence-electron chi connectivity index (χ2n) is 9.28. The smallest absolute Gasteiger partial charge is 0.313 e. The second kappa shape index (κ2) is 31.5. The fourth-order valence-corrected chi connectivity index (χ4v) is 3.27. The Balaban J connectivity index is 1.75. The van der Waals surface area contributed by atoms with Gasteiger partial charge in [-0.15, -0.1) is 0 Å². The molecule has 0 saturated heterocycles. The summed E-state index contributed by atoms with van der Waals surface area (Å²) in [6.07, 6.45) is 0.887. The lowest BCUT2D eigenvalue weighted by molar-refractivity contribution is -0.136. The lowest BCUT2D eigenvalue weighted by Crippen LogP contribution is -2.16. The van der Waals surface area contributed by atoms with E-state index in [1.165, 1.54) is 6.26 Å². The minimum atomic E-state index is -2.35. The van der Waals surface area contributed by atoms with Crippen LogP contribution in [-0.2, 0) is 56.9 Å². The highest BCUT2D eigenvalue weighted by Gasteiger charge is 2.28. The summed E-state index contributed by atoms with van der Waals surface area (Å²) < 4.78 is 129. The van der Waals surface area contributed by atoms with Crippen molar-refractivity contribution in [1.82, 2.24) is 0 Å². The molecule has 0 aromatic heterocycles. The standard InChI is InChI=1S/C31H47F5O13/c1-2-38-5-6-40-9-10-42-13-14-44-17-18-46-21-22-48-24-23-47-20-19-45-16-15-43-12-11-41-8-7-39-4-3-25(37)49-31-29(35)27(33)26(32)28(34)30(31)36/h2H,1,3-24H2. The van der Waals surface area contributed by atoms with Crippen LogP contribution in [0.25, 0.3) is 0 Å². The van der Waals surface area contributed by atoms with Crippen molar-refractivity contribution < 1.29 is 83.6 Å². The van der Waals surface area contributed by atoms with Gasteiger partial charge in [0.15, 0.2) is 0 Å². The topological polar surface area (TPSA) is 128 Å². The molecule has 0 unspecified atom stereocenters. The number of benzene rings is 1. The first-order chi connectivity index (χ1) is 23.9. The summed E-state index contributed by atoms with van der Waals surface area (Å²) in [4.78, 5) is 11.6. The molecule has 1 aromatic carbocycles. The molecule has 18 heteroatoms. The molecule has 1 aromatic rings. The minimum Gasteiger partial charge on any atom is -0.499 e. The maximum absolute atomic E-state index is 13.5. The van der Waals surface area contributed by atoms with Crippen LogP contribution < -0.4 is 4.74 Å². The van der Waals surface area contributed by atoms with E-state index in [1.54, 1.807) is 0 Å². The Morgan fingerprint density at radius 2 is 0.653 bits per heavy atom. The fourth-order valence-electron chi connectivity index (χ4n) is 3.27. The maximum Gasteiger partial charge on any atom is 0.313 e. The normalized spacial score (nSPS) is 11.3. The van der Waals surface area contributed by atoms with Crippen LogP contribution in [0.4, 0.5) is 22.0 Å². The molecule has 0 spiro atoms. The average Bonchev–Trinajstić information content (AvgIpc) is 3.10. The summed E-state index contributed by atoms with van der Waals surface area (Å²) in [7, 11) is 0. The Morgan fingerprint density at radius 1 is 0.408 bits per heavy atom. The number of esters is 1. The molecule has 0 aliphatic carbocycles. The van der Waals surface area contributed by atoms with Crippen LogP contribution >= 0.6 is 0 Å². The van der Waals surface area contributed by atoms with E-state index >= 15 is 0 Å². The molecule has 0 radical (unpaired) electrons. The SMILES string of the molecule is C=COCCOCCOCCOCCOCCOCCOCCOCCOCCOCCOCCC(=O)Oc1c(F)c(F)c(F)c(F)c1F. The zero-order chi connectivity index (χ0) is 35.8. The van der Waals surface area contributed by atoms with Crippen molar-refractivity contribution in [3.05, 3.63) is 41.9 Å². The summed E-state index contributed by atoms with van der Waals surface area (Å²) in [6, 6.07) is 0. The van der Waals surface area contributed by atoms with Gasteiger partial charge in [-0.2, -0.15) is 8.78 Å². The Hall–Kier alpha value is -2.52. The van der Waals surface area contributed by atoms with Gasteiger partial charge >= 0.3 is 5.97 Å².